The van der Waals surface area contributed by atoms with Crippen molar-refractivity contribution in [1.29, 1.82) is 0 Å². The molecule has 1 fully saturated rings. The van der Waals surface area contributed by atoms with Crippen molar-refractivity contribution in [2.24, 2.45) is 9.98 Å². The summed E-state index contributed by atoms with van der Waals surface area (Å²) >= 11 is 0. The van der Waals surface area contributed by atoms with Gasteiger partial charge in [0.05, 0.1) is 23.5 Å². The summed E-state index contributed by atoms with van der Waals surface area (Å²) in [4.78, 5) is 14.5. The topological polar surface area (TPSA) is 52.5 Å². The maximum atomic E-state index is 5.40. The molecule has 0 radical (unpaired) electrons. The molecule has 2 atom stereocenters. The van der Waals surface area contributed by atoms with Crippen LogP contribution in [0.1, 0.15) is 87.6 Å². The number of rotatable bonds is 2. The van der Waals surface area contributed by atoms with Crippen LogP contribution >= 0.6 is 0 Å². The van der Waals surface area contributed by atoms with Gasteiger partial charge in [0.25, 0.3) is 0 Å². The van der Waals surface area contributed by atoms with E-state index in [-0.39, 0.29) is 12.1 Å². The van der Waals surface area contributed by atoms with Gasteiger partial charge in [0.1, 0.15) is 0 Å². The van der Waals surface area contributed by atoms with Crippen LogP contribution in [0.15, 0.2) is 69.9 Å². The van der Waals surface area contributed by atoms with Crippen molar-refractivity contribution in [2.45, 2.75) is 79.3 Å². The van der Waals surface area contributed by atoms with Crippen molar-refractivity contribution >= 4 is 22.6 Å². The number of allylic oxidation sites excluding steroid dienone is 3. The second-order valence-electron chi connectivity index (χ2n) is 12.2. The number of aliphatic imine (C=N–C) groups is 2. The van der Waals surface area contributed by atoms with E-state index in [0.29, 0.717) is 0 Å². The number of aromatic amines is 1. The highest BCUT2D eigenvalue weighted by Gasteiger charge is 2.33. The lowest BCUT2D eigenvalue weighted by Crippen LogP contribution is -2.17. The van der Waals surface area contributed by atoms with Crippen LogP contribution in [0, 0.1) is 41.5 Å². The molecule has 0 saturated carbocycles. The summed E-state index contributed by atoms with van der Waals surface area (Å²) in [7, 11) is 0. The quantitative estimate of drug-likeness (QED) is 0.348. The zero-order valence-corrected chi connectivity index (χ0v) is 24.5. The summed E-state index contributed by atoms with van der Waals surface area (Å²) in [5, 5.41) is 3.97. The van der Waals surface area contributed by atoms with E-state index in [2.05, 4.69) is 100 Å². The summed E-state index contributed by atoms with van der Waals surface area (Å²) < 4.78 is 0. The first-order valence-corrected chi connectivity index (χ1v) is 14.7. The van der Waals surface area contributed by atoms with Crippen molar-refractivity contribution in [3.05, 3.63) is 116 Å². The molecule has 202 valence electrons. The van der Waals surface area contributed by atoms with Gasteiger partial charge in [-0.1, -0.05) is 35.4 Å². The molecule has 0 unspecified atom stereocenters. The van der Waals surface area contributed by atoms with E-state index in [4.69, 9.17) is 9.98 Å². The third-order valence-electron chi connectivity index (χ3n) is 9.05. The lowest BCUT2D eigenvalue weighted by Gasteiger charge is -2.20. The van der Waals surface area contributed by atoms with Gasteiger partial charge in [0.2, 0.25) is 0 Å². The number of nitrogens with zero attached hydrogens (tertiary/aromatic N) is 2. The Labute approximate surface area is 237 Å². The zero-order chi connectivity index (χ0) is 27.7. The maximum absolute atomic E-state index is 5.40. The molecule has 40 heavy (non-hydrogen) atoms. The van der Waals surface area contributed by atoms with Crippen LogP contribution in [0.25, 0.3) is 11.1 Å². The Morgan fingerprint density at radius 2 is 1.38 bits per heavy atom. The zero-order valence-electron chi connectivity index (χ0n) is 24.5. The van der Waals surface area contributed by atoms with Gasteiger partial charge in [-0.05, 0) is 125 Å². The molecule has 0 spiro atoms. The number of aromatic nitrogens is 1. The van der Waals surface area contributed by atoms with Crippen LogP contribution in [-0.4, -0.2) is 22.4 Å². The standard InChI is InChI=1S/C36H38N4/c1-19-15-21(3)33(22(4)16-19)35-29-11-7-25(37-29)27-9-13-31(39-27)36(34-23(5)17-20(2)18-24(34)6)32-14-10-28(40-32)26-8-12-30(35)38-26/h7-8,11-12,15-18,27-28,37,39H,9-10,13-14H2,1-6H3/b35-30+,36-31+/t27-,28+/m0/s1. The number of H-pyrrole nitrogens is 1. The van der Waals surface area contributed by atoms with Crippen molar-refractivity contribution in [3.63, 3.8) is 0 Å². The van der Waals surface area contributed by atoms with Crippen LogP contribution in [0.3, 0.4) is 0 Å². The van der Waals surface area contributed by atoms with Gasteiger partial charge in [-0.15, -0.1) is 0 Å². The van der Waals surface area contributed by atoms with Crippen molar-refractivity contribution in [2.75, 3.05) is 0 Å². The fraction of sp³-hybridized carbons (Fsp3) is 0.333. The molecule has 1 saturated heterocycles. The Bertz CT molecular complexity index is 1690. The monoisotopic (exact) mass is 526 g/mol. The molecule has 2 N–H and O–H groups in total. The number of benzene rings is 2. The lowest BCUT2D eigenvalue weighted by molar-refractivity contribution is 0.646. The van der Waals surface area contributed by atoms with Crippen molar-refractivity contribution in [3.8, 4) is 0 Å². The smallest absolute Gasteiger partial charge is 0.0927 e. The molecule has 4 aliphatic rings. The fourth-order valence-electron chi connectivity index (χ4n) is 7.55. The maximum Gasteiger partial charge on any atom is 0.0927 e. The van der Waals surface area contributed by atoms with Crippen LogP contribution < -0.4 is 5.32 Å². The van der Waals surface area contributed by atoms with Crippen LogP contribution in [0.4, 0.5) is 0 Å². The third kappa shape index (κ3) is 4.04. The largest absolute Gasteiger partial charge is 0.379 e. The molecule has 4 nitrogen and oxygen atoms in total. The van der Waals surface area contributed by atoms with Crippen molar-refractivity contribution in [1.82, 2.24) is 10.3 Å². The molecule has 8 bridgehead atoms. The summed E-state index contributed by atoms with van der Waals surface area (Å²) in [6, 6.07) is 14.1. The lowest BCUT2D eigenvalue weighted by atomic mass is 9.88. The summed E-state index contributed by atoms with van der Waals surface area (Å²) in [5.41, 5.74) is 20.0. The minimum atomic E-state index is 0.0891. The van der Waals surface area contributed by atoms with E-state index in [1.807, 2.05) is 0 Å². The normalized spacial score (nSPS) is 25.1. The number of hydrogen-bond donors (Lipinski definition) is 2. The van der Waals surface area contributed by atoms with Gasteiger partial charge in [0, 0.05) is 33.9 Å². The van der Waals surface area contributed by atoms with Gasteiger partial charge < -0.3 is 10.3 Å². The van der Waals surface area contributed by atoms with Gasteiger partial charge >= 0.3 is 0 Å². The highest BCUT2D eigenvalue weighted by atomic mass is 15.0. The Kier molecular flexibility index (Phi) is 5.85. The van der Waals surface area contributed by atoms with E-state index in [0.717, 1.165) is 42.8 Å². The summed E-state index contributed by atoms with van der Waals surface area (Å²) in [5.74, 6) is 0. The van der Waals surface area contributed by atoms with Gasteiger partial charge in [-0.2, -0.15) is 0 Å². The second-order valence-corrected chi connectivity index (χ2v) is 12.2. The first-order chi connectivity index (χ1) is 19.3. The van der Waals surface area contributed by atoms with E-state index in [9.17, 15) is 0 Å². The molecular formula is C36H38N4. The molecule has 4 heteroatoms. The summed E-state index contributed by atoms with van der Waals surface area (Å²) in [6.07, 6.45) is 8.47. The Morgan fingerprint density at radius 3 is 2.05 bits per heavy atom. The average molecular weight is 527 g/mol. The first-order valence-electron chi connectivity index (χ1n) is 14.7. The van der Waals surface area contributed by atoms with Gasteiger partial charge in [-0.3, -0.25) is 9.98 Å². The highest BCUT2D eigenvalue weighted by Crippen LogP contribution is 2.41. The van der Waals surface area contributed by atoms with Crippen LogP contribution in [-0.2, 0) is 0 Å². The van der Waals surface area contributed by atoms with E-state index >= 15 is 0 Å². The highest BCUT2D eigenvalue weighted by molar-refractivity contribution is 6.27. The van der Waals surface area contributed by atoms with Gasteiger partial charge in [-0.25, -0.2) is 0 Å². The molecule has 4 aliphatic heterocycles. The predicted octanol–water partition coefficient (Wildman–Crippen LogP) is 8.09. The molecule has 1 aromatic heterocycles. The number of hydrogen-bond acceptors (Lipinski definition) is 3. The Hall–Kier alpha value is -3.92. The molecule has 3 aromatic rings. The van der Waals surface area contributed by atoms with E-state index in [1.54, 1.807) is 0 Å². The molecule has 5 heterocycles. The van der Waals surface area contributed by atoms with Gasteiger partial charge in [0.15, 0.2) is 0 Å². The molecule has 0 amide bonds. The molecule has 0 aliphatic carbocycles. The molecule has 2 aromatic carbocycles. The van der Waals surface area contributed by atoms with Crippen molar-refractivity contribution < 1.29 is 0 Å². The minimum absolute atomic E-state index is 0.0891. The fourth-order valence-corrected chi connectivity index (χ4v) is 7.55. The summed E-state index contributed by atoms with van der Waals surface area (Å²) in [6.45, 7) is 13.3. The minimum Gasteiger partial charge on any atom is -0.379 e. The van der Waals surface area contributed by atoms with E-state index in [1.165, 1.54) is 72.8 Å². The van der Waals surface area contributed by atoms with Crippen LogP contribution in [0.2, 0.25) is 0 Å². The second kappa shape index (κ2) is 9.33. The first kappa shape index (κ1) is 25.1. The Morgan fingerprint density at radius 1 is 0.725 bits per heavy atom. The van der Waals surface area contributed by atoms with E-state index < -0.39 is 0 Å². The number of fused-ring (bicyclic) bond motifs is 8. The third-order valence-corrected chi connectivity index (χ3v) is 9.05. The SMILES string of the molecule is Cc1cc(C)c(/C2=C3\CC[C@H](N3)c3ccc([nH]3)/C(c3c(C)cc(C)cc3C)=C3/C=CC(=N3)[C@H]3CCC2=N3)c(C)c1. The molecule has 7 rings (SSSR count). The number of aryl methyl sites for hydroxylation is 6. The predicted molar refractivity (Wildman–Crippen MR) is 167 cm³/mol. The number of nitrogens with one attached hydrogen (secondary N) is 2. The van der Waals surface area contributed by atoms with Crippen LogP contribution in [0.5, 0.6) is 0 Å². The average Bonchev–Trinajstić information content (AvgIpc) is 3.69. The Balaban J connectivity index is 1.45. The molecular weight excluding hydrogens is 488 g/mol.